The van der Waals surface area contributed by atoms with Crippen LogP contribution in [0.3, 0.4) is 0 Å². The van der Waals surface area contributed by atoms with E-state index in [2.05, 4.69) is 5.32 Å². The highest BCUT2D eigenvalue weighted by Crippen LogP contribution is 2.34. The van der Waals surface area contributed by atoms with Crippen molar-refractivity contribution in [2.45, 2.75) is 71.2 Å². The highest BCUT2D eigenvalue weighted by atomic mass is 16.6. The Kier molecular flexibility index (Phi) is 5.64. The number of rotatable bonds is 5. The molecular weight excluding hydrogens is 376 g/mol. The van der Waals surface area contributed by atoms with Gasteiger partial charge >= 0.3 is 5.97 Å². The largest absolute Gasteiger partial charge is 0.478 e. The lowest BCUT2D eigenvalue weighted by atomic mass is 10.0. The van der Waals surface area contributed by atoms with Crippen molar-refractivity contribution in [1.82, 2.24) is 10.2 Å². The molecule has 0 aromatic heterocycles. The van der Waals surface area contributed by atoms with Crippen molar-refractivity contribution < 1.29 is 28.7 Å². The Morgan fingerprint density at radius 2 is 2.00 bits per heavy atom. The summed E-state index contributed by atoms with van der Waals surface area (Å²) in [5.41, 5.74) is 0.431. The van der Waals surface area contributed by atoms with Crippen LogP contribution >= 0.6 is 0 Å². The first-order valence-corrected chi connectivity index (χ1v) is 9.76. The van der Waals surface area contributed by atoms with Crippen LogP contribution in [0.25, 0.3) is 0 Å². The molecule has 2 aliphatic rings. The predicted molar refractivity (Wildman–Crippen MR) is 103 cm³/mol. The molecule has 2 aliphatic heterocycles. The summed E-state index contributed by atoms with van der Waals surface area (Å²) in [5.74, 6) is -1.13. The van der Waals surface area contributed by atoms with E-state index in [0.717, 1.165) is 0 Å². The molecule has 3 rings (SSSR count). The molecule has 1 fully saturated rings. The number of carbonyl (C=O) groups is 4. The molecule has 8 heteroatoms. The molecule has 0 saturated carbocycles. The lowest BCUT2D eigenvalue weighted by Crippen LogP contribution is -2.52. The maximum Gasteiger partial charge on any atom is 0.347 e. The van der Waals surface area contributed by atoms with E-state index < -0.39 is 29.6 Å². The van der Waals surface area contributed by atoms with Gasteiger partial charge in [-0.2, -0.15) is 0 Å². The fraction of sp³-hybridized carbons (Fsp3) is 0.524. The number of hydrogen-bond acceptors (Lipinski definition) is 6. The number of amides is 3. The molecule has 0 spiro atoms. The first kappa shape index (κ1) is 20.8. The molecule has 0 bridgehead atoms. The van der Waals surface area contributed by atoms with Crippen molar-refractivity contribution in [3.05, 3.63) is 29.3 Å². The summed E-state index contributed by atoms with van der Waals surface area (Å²) in [7, 11) is 0. The van der Waals surface area contributed by atoms with Crippen LogP contribution in [-0.4, -0.2) is 46.3 Å². The molecule has 0 radical (unpaired) electrons. The molecule has 8 nitrogen and oxygen atoms in total. The van der Waals surface area contributed by atoms with E-state index in [0.29, 0.717) is 23.3 Å². The number of benzene rings is 1. The third kappa shape index (κ3) is 4.41. The lowest BCUT2D eigenvalue weighted by Gasteiger charge is -2.29. The smallest absolute Gasteiger partial charge is 0.347 e. The topological polar surface area (TPSA) is 102 Å². The summed E-state index contributed by atoms with van der Waals surface area (Å²) < 4.78 is 11.4. The number of nitrogens with zero attached hydrogens (tertiary/aromatic N) is 1. The Morgan fingerprint density at radius 3 is 2.62 bits per heavy atom. The number of ether oxygens (including phenoxy) is 2. The quantitative estimate of drug-likeness (QED) is 0.597. The average Bonchev–Trinajstić information content (AvgIpc) is 2.95. The van der Waals surface area contributed by atoms with Gasteiger partial charge in [0.05, 0.1) is 6.54 Å². The van der Waals surface area contributed by atoms with E-state index in [1.54, 1.807) is 39.0 Å². The highest BCUT2D eigenvalue weighted by molar-refractivity contribution is 6.05. The Bertz CT molecular complexity index is 857. The minimum Gasteiger partial charge on any atom is -0.478 e. The molecule has 0 aliphatic carbocycles. The minimum absolute atomic E-state index is 0.182. The van der Waals surface area contributed by atoms with Gasteiger partial charge < -0.3 is 14.4 Å². The average molecular weight is 402 g/mol. The number of esters is 1. The van der Waals surface area contributed by atoms with Crippen molar-refractivity contribution in [3.8, 4) is 5.75 Å². The Hall–Kier alpha value is -2.90. The molecule has 1 N–H and O–H groups in total. The van der Waals surface area contributed by atoms with Crippen LogP contribution in [0.5, 0.6) is 5.75 Å². The molecular formula is C21H26N2O6. The van der Waals surface area contributed by atoms with Crippen molar-refractivity contribution >= 4 is 23.7 Å². The summed E-state index contributed by atoms with van der Waals surface area (Å²) in [5, 5.41) is 2.28. The van der Waals surface area contributed by atoms with Gasteiger partial charge in [-0.1, -0.05) is 13.0 Å². The maximum atomic E-state index is 12.9. The minimum atomic E-state index is -0.805. The second-order valence-corrected chi connectivity index (χ2v) is 8.23. The van der Waals surface area contributed by atoms with Gasteiger partial charge in [0.2, 0.25) is 11.8 Å². The summed E-state index contributed by atoms with van der Waals surface area (Å²) in [4.78, 5) is 50.4. The predicted octanol–water partition coefficient (Wildman–Crippen LogP) is 1.95. The van der Waals surface area contributed by atoms with E-state index in [1.807, 2.05) is 6.92 Å². The summed E-state index contributed by atoms with van der Waals surface area (Å²) in [6.45, 7) is 7.36. The van der Waals surface area contributed by atoms with Crippen molar-refractivity contribution in [1.29, 1.82) is 0 Å². The molecule has 1 aromatic rings. The third-order valence-corrected chi connectivity index (χ3v) is 4.85. The first-order valence-electron chi connectivity index (χ1n) is 9.76. The fourth-order valence-corrected chi connectivity index (χ4v) is 3.49. The van der Waals surface area contributed by atoms with Gasteiger partial charge in [-0.05, 0) is 45.7 Å². The SMILES string of the molecule is CCC(Oc1cccc2c1CN(C1CCC(=O)NC1=O)C2=O)C(=O)OC(C)(C)C. The fourth-order valence-electron chi connectivity index (χ4n) is 3.49. The molecule has 1 aromatic carbocycles. The molecule has 156 valence electrons. The van der Waals surface area contributed by atoms with Crippen LogP contribution in [0.1, 0.15) is 62.9 Å². The van der Waals surface area contributed by atoms with E-state index in [-0.39, 0.29) is 31.2 Å². The molecule has 2 unspecified atom stereocenters. The van der Waals surface area contributed by atoms with E-state index in [1.165, 1.54) is 4.90 Å². The molecule has 29 heavy (non-hydrogen) atoms. The van der Waals surface area contributed by atoms with Gasteiger partial charge in [-0.3, -0.25) is 19.7 Å². The Balaban J connectivity index is 1.81. The monoisotopic (exact) mass is 402 g/mol. The standard InChI is InChI=1S/C21H26N2O6/c1-5-15(20(27)29-21(2,3)4)28-16-8-6-7-12-13(16)11-23(19(12)26)14-9-10-17(24)22-18(14)25/h6-8,14-15H,5,9-11H2,1-4H3,(H,22,24,25). The molecule has 2 heterocycles. The summed E-state index contributed by atoms with van der Waals surface area (Å²) >= 11 is 0. The van der Waals surface area contributed by atoms with Crippen LogP contribution in [0.15, 0.2) is 18.2 Å². The maximum absolute atomic E-state index is 12.9. The van der Waals surface area contributed by atoms with Crippen LogP contribution < -0.4 is 10.1 Å². The number of imide groups is 1. The number of hydrogen-bond donors (Lipinski definition) is 1. The van der Waals surface area contributed by atoms with E-state index >= 15 is 0 Å². The number of carbonyl (C=O) groups excluding carboxylic acids is 4. The van der Waals surface area contributed by atoms with Gasteiger partial charge in [0, 0.05) is 17.5 Å². The number of fused-ring (bicyclic) bond motifs is 1. The number of piperidine rings is 1. The van der Waals surface area contributed by atoms with Gasteiger partial charge in [-0.25, -0.2) is 4.79 Å². The number of nitrogens with one attached hydrogen (secondary N) is 1. The van der Waals surface area contributed by atoms with Crippen LogP contribution in [0.2, 0.25) is 0 Å². The second kappa shape index (κ2) is 7.85. The Morgan fingerprint density at radius 1 is 1.28 bits per heavy atom. The van der Waals surface area contributed by atoms with Gasteiger partial charge in [0.15, 0.2) is 6.10 Å². The van der Waals surface area contributed by atoms with Gasteiger partial charge in [0.1, 0.15) is 17.4 Å². The zero-order chi connectivity index (χ0) is 21.3. The first-order chi connectivity index (χ1) is 13.6. The van der Waals surface area contributed by atoms with Crippen LogP contribution in [-0.2, 0) is 25.7 Å². The summed E-state index contributed by atoms with van der Waals surface area (Å²) in [6.07, 6.45) is 0.0797. The van der Waals surface area contributed by atoms with Crippen LogP contribution in [0.4, 0.5) is 0 Å². The zero-order valence-corrected chi connectivity index (χ0v) is 17.1. The van der Waals surface area contributed by atoms with E-state index in [4.69, 9.17) is 9.47 Å². The zero-order valence-electron chi connectivity index (χ0n) is 17.1. The molecule has 2 atom stereocenters. The molecule has 1 saturated heterocycles. The lowest BCUT2D eigenvalue weighted by molar-refractivity contribution is -0.163. The van der Waals surface area contributed by atoms with Gasteiger partial charge in [-0.15, -0.1) is 0 Å². The Labute approximate surface area is 169 Å². The summed E-state index contributed by atoms with van der Waals surface area (Å²) in [6, 6.07) is 4.35. The normalized spacial score (nSPS) is 20.2. The second-order valence-electron chi connectivity index (χ2n) is 8.23. The third-order valence-electron chi connectivity index (χ3n) is 4.85. The van der Waals surface area contributed by atoms with Crippen LogP contribution in [0, 0.1) is 0 Å². The van der Waals surface area contributed by atoms with Crippen molar-refractivity contribution in [2.24, 2.45) is 0 Å². The van der Waals surface area contributed by atoms with Gasteiger partial charge in [0.25, 0.3) is 5.91 Å². The molecule has 3 amide bonds. The van der Waals surface area contributed by atoms with Crippen molar-refractivity contribution in [2.75, 3.05) is 0 Å². The highest BCUT2D eigenvalue weighted by Gasteiger charge is 2.40. The van der Waals surface area contributed by atoms with E-state index in [9.17, 15) is 19.2 Å². The van der Waals surface area contributed by atoms with Crippen molar-refractivity contribution in [3.63, 3.8) is 0 Å².